The summed E-state index contributed by atoms with van der Waals surface area (Å²) < 4.78 is 0. The number of fused-ring (bicyclic) bond motifs is 1. The van der Waals surface area contributed by atoms with Gasteiger partial charge in [-0.3, -0.25) is 4.98 Å². The van der Waals surface area contributed by atoms with Crippen molar-refractivity contribution in [1.82, 2.24) is 15.0 Å². The Labute approximate surface area is 142 Å². The van der Waals surface area contributed by atoms with E-state index in [1.165, 1.54) is 30.4 Å². The number of pyridine rings is 1. The van der Waals surface area contributed by atoms with Crippen molar-refractivity contribution in [3.8, 4) is 0 Å². The number of nitrogens with zero attached hydrogens (tertiary/aromatic N) is 2. The normalized spacial score (nSPS) is 16.4. The fourth-order valence-corrected chi connectivity index (χ4v) is 3.57. The molecule has 1 N–H and O–H groups in total. The molecule has 0 saturated heterocycles. The predicted molar refractivity (Wildman–Crippen MR) is 97.2 cm³/mol. The largest absolute Gasteiger partial charge is 0.340 e. The van der Waals surface area contributed by atoms with Gasteiger partial charge < -0.3 is 4.98 Å². The quantitative estimate of drug-likeness (QED) is 0.680. The van der Waals surface area contributed by atoms with Crippen molar-refractivity contribution >= 4 is 23.7 Å². The first-order valence-corrected chi connectivity index (χ1v) is 8.96. The van der Waals surface area contributed by atoms with Crippen LogP contribution >= 0.6 is 12.6 Å². The number of hydrogen-bond donors (Lipinski definition) is 2. The molecule has 0 radical (unpaired) electrons. The van der Waals surface area contributed by atoms with E-state index in [9.17, 15) is 0 Å². The summed E-state index contributed by atoms with van der Waals surface area (Å²) in [6, 6.07) is 11.1. The summed E-state index contributed by atoms with van der Waals surface area (Å²) in [5.41, 5.74) is 4.82. The first-order valence-electron chi connectivity index (χ1n) is 8.33. The van der Waals surface area contributed by atoms with Gasteiger partial charge in [-0.15, -0.1) is 0 Å². The summed E-state index contributed by atoms with van der Waals surface area (Å²) in [4.78, 5) is 12.2. The lowest BCUT2D eigenvalue weighted by Crippen LogP contribution is -2.09. The van der Waals surface area contributed by atoms with Gasteiger partial charge in [0, 0.05) is 17.9 Å². The molecule has 1 fully saturated rings. The van der Waals surface area contributed by atoms with Gasteiger partial charge in [-0.05, 0) is 42.4 Å². The topological polar surface area (TPSA) is 41.6 Å². The zero-order valence-electron chi connectivity index (χ0n) is 13.1. The Morgan fingerprint density at radius 1 is 1.17 bits per heavy atom. The van der Waals surface area contributed by atoms with Crippen molar-refractivity contribution < 1.29 is 0 Å². The second-order valence-electron chi connectivity index (χ2n) is 6.47. The van der Waals surface area contributed by atoms with Gasteiger partial charge in [0.1, 0.15) is 5.82 Å². The van der Waals surface area contributed by atoms with E-state index >= 15 is 0 Å². The van der Waals surface area contributed by atoms with Crippen LogP contribution in [0.15, 0.2) is 42.7 Å². The number of H-pyrrole nitrogens is 1. The molecule has 4 heteroatoms. The number of imidazole rings is 1. The van der Waals surface area contributed by atoms with Crippen molar-refractivity contribution in [3.05, 3.63) is 59.7 Å². The van der Waals surface area contributed by atoms with Gasteiger partial charge >= 0.3 is 0 Å². The first-order chi connectivity index (χ1) is 11.3. The molecule has 1 atom stereocenters. The Balaban J connectivity index is 1.52. The summed E-state index contributed by atoms with van der Waals surface area (Å²) >= 11 is 4.54. The van der Waals surface area contributed by atoms with E-state index in [2.05, 4.69) is 46.9 Å². The van der Waals surface area contributed by atoms with Crippen LogP contribution in [0.3, 0.4) is 0 Å². The van der Waals surface area contributed by atoms with Crippen LogP contribution < -0.4 is 0 Å². The summed E-state index contributed by atoms with van der Waals surface area (Å²) in [5.74, 6) is 2.87. The second-order valence-corrected chi connectivity index (χ2v) is 6.83. The predicted octanol–water partition coefficient (Wildman–Crippen LogP) is 4.48. The van der Waals surface area contributed by atoms with Gasteiger partial charge in [0.05, 0.1) is 17.2 Å². The molecule has 1 aliphatic carbocycles. The summed E-state index contributed by atoms with van der Waals surface area (Å²) in [6.45, 7) is 0. The molecule has 3 nitrogen and oxygen atoms in total. The zero-order valence-corrected chi connectivity index (χ0v) is 14.0. The van der Waals surface area contributed by atoms with Gasteiger partial charge in [0.15, 0.2) is 0 Å². The molecular formula is C19H21N3S. The highest BCUT2D eigenvalue weighted by Crippen LogP contribution is 2.36. The van der Waals surface area contributed by atoms with Crippen molar-refractivity contribution in [2.45, 2.75) is 37.5 Å². The molecule has 1 aromatic carbocycles. The minimum atomic E-state index is 0.292. The minimum Gasteiger partial charge on any atom is -0.340 e. The third kappa shape index (κ3) is 3.00. The van der Waals surface area contributed by atoms with Crippen molar-refractivity contribution in [2.75, 3.05) is 5.75 Å². The van der Waals surface area contributed by atoms with Crippen LogP contribution in [0.2, 0.25) is 0 Å². The van der Waals surface area contributed by atoms with E-state index in [0.29, 0.717) is 5.92 Å². The lowest BCUT2D eigenvalue weighted by Gasteiger charge is -2.26. The molecule has 0 amide bonds. The van der Waals surface area contributed by atoms with Crippen LogP contribution in [0.4, 0.5) is 0 Å². The van der Waals surface area contributed by atoms with Crippen LogP contribution in [0.5, 0.6) is 0 Å². The van der Waals surface area contributed by atoms with E-state index in [4.69, 9.17) is 4.98 Å². The monoisotopic (exact) mass is 323 g/mol. The Kier molecular flexibility index (Phi) is 4.08. The molecule has 3 aromatic rings. The van der Waals surface area contributed by atoms with Crippen LogP contribution in [-0.2, 0) is 6.42 Å². The Morgan fingerprint density at radius 2 is 2.00 bits per heavy atom. The molecule has 0 aliphatic heterocycles. The van der Waals surface area contributed by atoms with Gasteiger partial charge in [-0.1, -0.05) is 30.7 Å². The lowest BCUT2D eigenvalue weighted by molar-refractivity contribution is 0.419. The maximum absolute atomic E-state index is 4.70. The maximum Gasteiger partial charge on any atom is 0.111 e. The third-order valence-electron chi connectivity index (χ3n) is 4.95. The second kappa shape index (κ2) is 6.36. The summed E-state index contributed by atoms with van der Waals surface area (Å²) in [5, 5.41) is 0. The highest BCUT2D eigenvalue weighted by atomic mass is 32.1. The van der Waals surface area contributed by atoms with Crippen molar-refractivity contribution in [1.29, 1.82) is 0 Å². The molecule has 23 heavy (non-hydrogen) atoms. The molecular weight excluding hydrogens is 302 g/mol. The Bertz CT molecular complexity index is 757. The molecule has 1 saturated carbocycles. The van der Waals surface area contributed by atoms with E-state index in [-0.39, 0.29) is 0 Å². The molecule has 0 unspecified atom stereocenters. The third-order valence-corrected chi connectivity index (χ3v) is 5.39. The summed E-state index contributed by atoms with van der Waals surface area (Å²) in [6.07, 6.45) is 8.66. The minimum absolute atomic E-state index is 0.292. The summed E-state index contributed by atoms with van der Waals surface area (Å²) in [7, 11) is 0. The first kappa shape index (κ1) is 14.8. The van der Waals surface area contributed by atoms with Crippen molar-refractivity contribution in [3.63, 3.8) is 0 Å². The number of hydrogen-bond acceptors (Lipinski definition) is 3. The van der Waals surface area contributed by atoms with Gasteiger partial charge in [0.2, 0.25) is 0 Å². The molecule has 2 heterocycles. The number of aromatic amines is 1. The average Bonchev–Trinajstić information content (AvgIpc) is 2.96. The molecule has 0 bridgehead atoms. The fraction of sp³-hybridized carbons (Fsp3) is 0.368. The van der Waals surface area contributed by atoms with Gasteiger partial charge in [-0.2, -0.15) is 12.6 Å². The SMILES string of the molecule is SC[C@@H](Cc1ccc(C2CCC2)cc1)c1nc2ccncc2[nH]1. The number of benzene rings is 1. The highest BCUT2D eigenvalue weighted by Gasteiger charge is 2.20. The van der Waals surface area contributed by atoms with E-state index in [1.807, 2.05) is 12.3 Å². The van der Waals surface area contributed by atoms with E-state index in [0.717, 1.165) is 34.9 Å². The van der Waals surface area contributed by atoms with Crippen LogP contribution in [0, 0.1) is 0 Å². The van der Waals surface area contributed by atoms with Crippen molar-refractivity contribution in [2.24, 2.45) is 0 Å². The lowest BCUT2D eigenvalue weighted by atomic mass is 9.80. The fourth-order valence-electron chi connectivity index (χ4n) is 3.27. The van der Waals surface area contributed by atoms with E-state index in [1.54, 1.807) is 6.20 Å². The van der Waals surface area contributed by atoms with E-state index < -0.39 is 0 Å². The van der Waals surface area contributed by atoms with Gasteiger partial charge in [0.25, 0.3) is 0 Å². The maximum atomic E-state index is 4.70. The smallest absolute Gasteiger partial charge is 0.111 e. The zero-order chi connectivity index (χ0) is 15.6. The number of nitrogens with one attached hydrogen (secondary N) is 1. The van der Waals surface area contributed by atoms with Gasteiger partial charge in [-0.25, -0.2) is 4.98 Å². The Hall–Kier alpha value is -1.81. The number of thiol groups is 1. The molecule has 0 spiro atoms. The average molecular weight is 323 g/mol. The highest BCUT2D eigenvalue weighted by molar-refractivity contribution is 7.80. The molecule has 4 rings (SSSR count). The van der Waals surface area contributed by atoms with Crippen LogP contribution in [-0.4, -0.2) is 20.7 Å². The molecule has 1 aliphatic rings. The number of rotatable bonds is 5. The Morgan fingerprint density at radius 3 is 2.65 bits per heavy atom. The molecule has 2 aromatic heterocycles. The standard InChI is InChI=1S/C19H21N3S/c23-12-16(19-21-17-8-9-20-11-18(17)22-19)10-13-4-6-15(7-5-13)14-2-1-3-14/h4-9,11,14,16,23H,1-3,10,12H2,(H,21,22)/t16-/m1/s1. The molecule has 118 valence electrons. The van der Waals surface area contributed by atoms with Crippen LogP contribution in [0.1, 0.15) is 48.0 Å². The number of aromatic nitrogens is 3. The van der Waals surface area contributed by atoms with Crippen LogP contribution in [0.25, 0.3) is 11.0 Å².